The van der Waals surface area contributed by atoms with Crippen LogP contribution in [0.3, 0.4) is 0 Å². The van der Waals surface area contributed by atoms with Gasteiger partial charge in [-0.3, -0.25) is 4.90 Å². The summed E-state index contributed by atoms with van der Waals surface area (Å²) in [6.07, 6.45) is 8.99. The van der Waals surface area contributed by atoms with Gasteiger partial charge in [-0.2, -0.15) is 4.98 Å². The fraction of sp³-hybridized carbons (Fsp3) is 0.480. The van der Waals surface area contributed by atoms with Gasteiger partial charge in [0.25, 0.3) is 6.43 Å². The quantitative estimate of drug-likeness (QED) is 0.268. The van der Waals surface area contributed by atoms with Crippen LogP contribution in [0.1, 0.15) is 36.9 Å². The van der Waals surface area contributed by atoms with Crippen LogP contribution in [0.4, 0.5) is 26.2 Å². The second-order valence-electron chi connectivity index (χ2n) is 8.97. The normalized spacial score (nSPS) is 15.2. The maximum absolute atomic E-state index is 13.2. The lowest BCUT2D eigenvalue weighted by atomic mass is 10.1. The second-order valence-corrected chi connectivity index (χ2v) is 8.97. The average Bonchev–Trinajstić information content (AvgIpc) is 2.82. The molecule has 2 aromatic rings. The number of allylic oxidation sites excluding steroid dienone is 1. The molecule has 0 spiro atoms. The van der Waals surface area contributed by atoms with Gasteiger partial charge in [-0.25, -0.2) is 23.1 Å². The summed E-state index contributed by atoms with van der Waals surface area (Å²) in [7, 11) is 0. The molecule has 2 aromatic heterocycles. The molecule has 11 heteroatoms. The van der Waals surface area contributed by atoms with E-state index >= 15 is 0 Å². The van der Waals surface area contributed by atoms with Crippen molar-refractivity contribution in [1.82, 2.24) is 19.9 Å². The minimum absolute atomic E-state index is 0.162. The third-order valence-electron chi connectivity index (χ3n) is 6.27. The van der Waals surface area contributed by atoms with Crippen LogP contribution in [-0.2, 0) is 17.6 Å². The molecule has 0 bridgehead atoms. The van der Waals surface area contributed by atoms with Crippen LogP contribution >= 0.6 is 0 Å². The number of hydrogen-bond donors (Lipinski definition) is 3. The van der Waals surface area contributed by atoms with E-state index in [1.165, 1.54) is 11.9 Å². The first kappa shape index (κ1) is 25.6. The summed E-state index contributed by atoms with van der Waals surface area (Å²) in [6, 6.07) is 4.85. The predicted molar refractivity (Wildman–Crippen MR) is 133 cm³/mol. The minimum Gasteiger partial charge on any atom is -0.480 e. The molecule has 0 saturated heterocycles. The molecule has 0 aliphatic carbocycles. The molecule has 4 rings (SSSR count). The lowest BCUT2D eigenvalue weighted by Gasteiger charge is -2.24. The van der Waals surface area contributed by atoms with E-state index in [1.807, 2.05) is 24.6 Å². The van der Waals surface area contributed by atoms with Crippen molar-refractivity contribution in [3.8, 4) is 0 Å². The molecule has 0 fully saturated rings. The highest BCUT2D eigenvalue weighted by Crippen LogP contribution is 2.20. The van der Waals surface area contributed by atoms with Gasteiger partial charge in [0.15, 0.2) is 0 Å². The van der Waals surface area contributed by atoms with Crippen molar-refractivity contribution < 1.29 is 23.3 Å². The van der Waals surface area contributed by atoms with Crippen molar-refractivity contribution in [3.05, 3.63) is 48.1 Å². The van der Waals surface area contributed by atoms with Crippen LogP contribution in [0.15, 0.2) is 36.8 Å². The molecule has 0 amide bonds. The summed E-state index contributed by atoms with van der Waals surface area (Å²) in [4.78, 5) is 26.4. The average molecular weight is 501 g/mol. The van der Waals surface area contributed by atoms with E-state index < -0.39 is 18.4 Å². The summed E-state index contributed by atoms with van der Waals surface area (Å²) in [5.41, 5.74) is 2.23. The third kappa shape index (κ3) is 7.27. The van der Waals surface area contributed by atoms with Crippen LogP contribution < -0.4 is 10.6 Å². The highest BCUT2D eigenvalue weighted by molar-refractivity contribution is 5.77. The van der Waals surface area contributed by atoms with Crippen molar-refractivity contribution in [1.29, 1.82) is 0 Å². The summed E-state index contributed by atoms with van der Waals surface area (Å²) in [5.74, 6) is 0.881. The number of unbranched alkanes of at least 4 members (excludes halogenated alkanes) is 1. The molecule has 4 heterocycles. The summed E-state index contributed by atoms with van der Waals surface area (Å²) in [5, 5.41) is 15.9. The van der Waals surface area contributed by atoms with Crippen molar-refractivity contribution in [2.24, 2.45) is 0 Å². The number of rotatable bonds is 14. The van der Waals surface area contributed by atoms with Crippen LogP contribution in [-0.4, -0.2) is 80.4 Å². The fourth-order valence-electron chi connectivity index (χ4n) is 4.28. The Hall–Kier alpha value is -3.47. The smallest absolute Gasteiger partial charge is 0.333 e. The number of aliphatic carboxylic acids is 1. The molecule has 2 aliphatic rings. The first-order valence-electron chi connectivity index (χ1n) is 12.3. The van der Waals surface area contributed by atoms with Gasteiger partial charge < -0.3 is 15.7 Å². The standard InChI is InChI=1S/C25H31F2N7O2/c26-21(27)16-33(11-2-1-6-19-8-7-18-5-3-10-28-24(18)31-19)14-9-20(25(35)36)32-22-15-23(30-17-29-22)34-12-4-13-34/h4,7-8,12-13,15,17,20-21H,1-3,5-6,9-11,14,16H2,(H2-,28,29,30,31,32,35,36)/p+1. The Kier molecular flexibility index (Phi) is 8.88. The summed E-state index contributed by atoms with van der Waals surface area (Å²) < 4.78 is 28.2. The van der Waals surface area contributed by atoms with Crippen LogP contribution in [0, 0.1) is 0 Å². The maximum Gasteiger partial charge on any atom is 0.333 e. The van der Waals surface area contributed by atoms with Gasteiger partial charge in [-0.15, -0.1) is 0 Å². The summed E-state index contributed by atoms with van der Waals surface area (Å²) >= 11 is 0. The summed E-state index contributed by atoms with van der Waals surface area (Å²) in [6.45, 7) is 1.25. The number of anilines is 2. The number of aryl methyl sites for hydroxylation is 2. The minimum atomic E-state index is -2.49. The molecule has 1 unspecified atom stereocenters. The van der Waals surface area contributed by atoms with Gasteiger partial charge in [-0.1, -0.05) is 6.07 Å². The van der Waals surface area contributed by atoms with Gasteiger partial charge in [0.1, 0.15) is 17.7 Å². The van der Waals surface area contributed by atoms with Gasteiger partial charge in [0, 0.05) is 24.9 Å². The Morgan fingerprint density at radius 2 is 2.11 bits per heavy atom. The van der Waals surface area contributed by atoms with Crippen LogP contribution in [0.25, 0.3) is 0 Å². The van der Waals surface area contributed by atoms with E-state index in [4.69, 9.17) is 0 Å². The number of hydrogen-bond acceptors (Lipinski definition) is 7. The molecule has 0 saturated carbocycles. The number of pyridine rings is 1. The van der Waals surface area contributed by atoms with E-state index in [-0.39, 0.29) is 19.5 Å². The number of nitrogens with one attached hydrogen (secondary N) is 2. The number of alkyl halides is 2. The predicted octanol–water partition coefficient (Wildman–Crippen LogP) is 3.32. The second kappa shape index (κ2) is 12.5. The SMILES string of the molecule is O=C(O)C(CCN(CCCCc1ccc2c(n1)NCCC2)CC(F)F)Nc1cc([N+]2=CC=C2)ncn1. The number of nitrogens with zero attached hydrogens (tertiary/aromatic N) is 5. The molecule has 0 aromatic carbocycles. The van der Waals surface area contributed by atoms with Crippen LogP contribution in [0.2, 0.25) is 0 Å². The molecule has 36 heavy (non-hydrogen) atoms. The van der Waals surface area contributed by atoms with E-state index in [2.05, 4.69) is 31.7 Å². The first-order valence-corrected chi connectivity index (χ1v) is 12.3. The topological polar surface area (TPSA) is 106 Å². The van der Waals surface area contributed by atoms with Crippen molar-refractivity contribution >= 4 is 29.6 Å². The number of fused-ring (bicyclic) bond motifs is 1. The Bertz CT molecular complexity index is 1110. The van der Waals surface area contributed by atoms with Crippen molar-refractivity contribution in [3.63, 3.8) is 0 Å². The Morgan fingerprint density at radius 3 is 2.86 bits per heavy atom. The maximum atomic E-state index is 13.2. The van der Waals surface area contributed by atoms with Gasteiger partial charge >= 0.3 is 11.8 Å². The Balaban J connectivity index is 1.26. The monoisotopic (exact) mass is 500 g/mol. The van der Waals surface area contributed by atoms with E-state index in [1.54, 1.807) is 15.5 Å². The van der Waals surface area contributed by atoms with Crippen molar-refractivity contribution in [2.75, 3.05) is 36.8 Å². The number of halogens is 2. The van der Waals surface area contributed by atoms with E-state index in [0.29, 0.717) is 18.2 Å². The van der Waals surface area contributed by atoms with Gasteiger partial charge in [-0.05, 0) is 61.7 Å². The highest BCUT2D eigenvalue weighted by Gasteiger charge is 2.22. The van der Waals surface area contributed by atoms with Gasteiger partial charge in [0.2, 0.25) is 6.33 Å². The molecule has 192 valence electrons. The number of carboxylic acids is 1. The third-order valence-corrected chi connectivity index (χ3v) is 6.27. The molecule has 2 aliphatic heterocycles. The lowest BCUT2D eigenvalue weighted by molar-refractivity contribution is -0.369. The zero-order valence-electron chi connectivity index (χ0n) is 20.1. The molecule has 1 atom stereocenters. The largest absolute Gasteiger partial charge is 0.480 e. The number of carboxylic acid groups (broad SMARTS) is 1. The molecule has 3 N–H and O–H groups in total. The molecular formula is C25H32F2N7O2+. The highest BCUT2D eigenvalue weighted by atomic mass is 19.3. The number of carbonyl (C=O) groups is 1. The molecular weight excluding hydrogens is 468 g/mol. The zero-order chi connectivity index (χ0) is 25.3. The molecule has 9 nitrogen and oxygen atoms in total. The fourth-order valence-corrected chi connectivity index (χ4v) is 4.28. The van der Waals surface area contributed by atoms with Gasteiger partial charge in [0.05, 0.1) is 25.0 Å². The Labute approximate surface area is 209 Å². The van der Waals surface area contributed by atoms with Crippen LogP contribution in [0.5, 0.6) is 0 Å². The Morgan fingerprint density at radius 1 is 1.25 bits per heavy atom. The van der Waals surface area contributed by atoms with E-state index in [9.17, 15) is 18.7 Å². The zero-order valence-corrected chi connectivity index (χ0v) is 20.1. The lowest BCUT2D eigenvalue weighted by Crippen LogP contribution is -2.37. The molecule has 0 radical (unpaired) electrons. The van der Waals surface area contributed by atoms with Crippen molar-refractivity contribution in [2.45, 2.75) is 51.0 Å². The number of aromatic nitrogens is 3. The van der Waals surface area contributed by atoms with E-state index in [0.717, 1.165) is 50.2 Å². The first-order chi connectivity index (χ1) is 17.5.